The lowest BCUT2D eigenvalue weighted by Crippen LogP contribution is -2.31. The quantitative estimate of drug-likeness (QED) is 0.613. The summed E-state index contributed by atoms with van der Waals surface area (Å²) >= 11 is 17.7. The molecule has 0 saturated heterocycles. The number of halogens is 3. The maximum atomic E-state index is 12.8. The van der Waals surface area contributed by atoms with Gasteiger partial charge in [0.2, 0.25) is 10.0 Å². The van der Waals surface area contributed by atoms with E-state index in [9.17, 15) is 13.2 Å². The average Bonchev–Trinajstić information content (AvgIpc) is 2.64. The Balaban J connectivity index is 2.18. The van der Waals surface area contributed by atoms with Crippen LogP contribution in [0.2, 0.25) is 15.1 Å². The summed E-state index contributed by atoms with van der Waals surface area (Å²) in [5.74, 6) is -0.444. The molecule has 0 aliphatic carbocycles. The average molecular weight is 466 g/mol. The Bertz CT molecular complexity index is 963. The van der Waals surface area contributed by atoms with Crippen LogP contribution >= 0.6 is 34.8 Å². The minimum atomic E-state index is -3.81. The SMILES string of the molecule is CCN(CC)S(=O)(=O)c1cc(Cl)ccc1OCC(=O)Nc1ccc(Cl)c(Cl)c1. The first kappa shape index (κ1) is 22.8. The molecule has 1 amide bonds. The molecule has 0 saturated carbocycles. The Morgan fingerprint density at radius 2 is 1.71 bits per heavy atom. The van der Waals surface area contributed by atoms with Crippen LogP contribution < -0.4 is 10.1 Å². The van der Waals surface area contributed by atoms with Crippen LogP contribution in [-0.4, -0.2) is 38.3 Å². The molecule has 28 heavy (non-hydrogen) atoms. The Labute approximate surface area is 179 Å². The van der Waals surface area contributed by atoms with E-state index in [1.165, 1.54) is 28.6 Å². The van der Waals surface area contributed by atoms with E-state index in [4.69, 9.17) is 39.5 Å². The standard InChI is InChI=1S/C18H19Cl3N2O4S/c1-3-23(4-2)28(25,26)17-9-12(19)5-8-16(17)27-11-18(24)22-13-6-7-14(20)15(21)10-13/h5-10H,3-4,11H2,1-2H3,(H,22,24). The third-order valence-electron chi connectivity index (χ3n) is 3.79. The highest BCUT2D eigenvalue weighted by Gasteiger charge is 2.26. The molecule has 1 N–H and O–H groups in total. The number of sulfonamides is 1. The zero-order chi connectivity index (χ0) is 20.9. The molecule has 0 spiro atoms. The molecule has 0 aromatic heterocycles. The van der Waals surface area contributed by atoms with E-state index >= 15 is 0 Å². The van der Waals surface area contributed by atoms with Gasteiger partial charge in [-0.2, -0.15) is 4.31 Å². The van der Waals surface area contributed by atoms with Crippen molar-refractivity contribution < 1.29 is 17.9 Å². The molecule has 0 bridgehead atoms. The molecule has 152 valence electrons. The minimum absolute atomic E-state index is 0.0422. The lowest BCUT2D eigenvalue weighted by Gasteiger charge is -2.20. The van der Waals surface area contributed by atoms with Crippen LogP contribution in [-0.2, 0) is 14.8 Å². The zero-order valence-corrected chi connectivity index (χ0v) is 18.3. The van der Waals surface area contributed by atoms with E-state index in [2.05, 4.69) is 5.32 Å². The third-order valence-corrected chi connectivity index (χ3v) is 6.84. The van der Waals surface area contributed by atoms with Gasteiger partial charge in [0, 0.05) is 23.8 Å². The summed E-state index contributed by atoms with van der Waals surface area (Å²) in [5.41, 5.74) is 0.440. The summed E-state index contributed by atoms with van der Waals surface area (Å²) in [4.78, 5) is 12.1. The Morgan fingerprint density at radius 3 is 2.32 bits per heavy atom. The van der Waals surface area contributed by atoms with Crippen molar-refractivity contribution in [3.63, 3.8) is 0 Å². The number of ether oxygens (including phenoxy) is 1. The van der Waals surface area contributed by atoms with Gasteiger partial charge in [-0.05, 0) is 36.4 Å². The highest BCUT2D eigenvalue weighted by molar-refractivity contribution is 7.89. The summed E-state index contributed by atoms with van der Waals surface area (Å²) in [6, 6.07) is 8.86. The molecular formula is C18H19Cl3N2O4S. The van der Waals surface area contributed by atoms with Gasteiger partial charge < -0.3 is 10.1 Å². The molecule has 2 rings (SSSR count). The summed E-state index contributed by atoms with van der Waals surface area (Å²) in [5, 5.41) is 3.51. The van der Waals surface area contributed by atoms with Crippen LogP contribution in [0.5, 0.6) is 5.75 Å². The fraction of sp³-hybridized carbons (Fsp3) is 0.278. The number of carbonyl (C=O) groups is 1. The van der Waals surface area contributed by atoms with E-state index in [-0.39, 0.29) is 15.7 Å². The Morgan fingerprint density at radius 1 is 1.04 bits per heavy atom. The van der Waals surface area contributed by atoms with Crippen molar-refractivity contribution in [2.75, 3.05) is 25.0 Å². The van der Waals surface area contributed by atoms with Gasteiger partial charge in [-0.25, -0.2) is 8.42 Å². The van der Waals surface area contributed by atoms with Crippen LogP contribution in [0, 0.1) is 0 Å². The normalized spacial score (nSPS) is 11.5. The number of amides is 1. The first-order valence-electron chi connectivity index (χ1n) is 8.36. The van der Waals surface area contributed by atoms with Gasteiger partial charge >= 0.3 is 0 Å². The van der Waals surface area contributed by atoms with Gasteiger partial charge in [-0.15, -0.1) is 0 Å². The van der Waals surface area contributed by atoms with Crippen LogP contribution in [0.1, 0.15) is 13.8 Å². The fourth-order valence-electron chi connectivity index (χ4n) is 2.42. The largest absolute Gasteiger partial charge is 0.482 e. The predicted octanol–water partition coefficient (Wildman–Crippen LogP) is 4.69. The molecule has 0 fully saturated rings. The van der Waals surface area contributed by atoms with Crippen molar-refractivity contribution in [3.05, 3.63) is 51.5 Å². The number of nitrogens with one attached hydrogen (secondary N) is 1. The van der Waals surface area contributed by atoms with E-state index in [1.807, 2.05) is 0 Å². The lowest BCUT2D eigenvalue weighted by atomic mass is 10.3. The smallest absolute Gasteiger partial charge is 0.262 e. The summed E-state index contributed by atoms with van der Waals surface area (Å²) < 4.78 is 32.4. The number of benzene rings is 2. The predicted molar refractivity (Wildman–Crippen MR) is 112 cm³/mol. The van der Waals surface area contributed by atoms with Crippen molar-refractivity contribution >= 4 is 56.4 Å². The molecule has 6 nitrogen and oxygen atoms in total. The first-order chi connectivity index (χ1) is 13.2. The molecule has 10 heteroatoms. The summed E-state index contributed by atoms with van der Waals surface area (Å²) in [7, 11) is -3.81. The van der Waals surface area contributed by atoms with Gasteiger partial charge in [0.25, 0.3) is 5.91 Å². The molecular weight excluding hydrogens is 447 g/mol. The monoisotopic (exact) mass is 464 g/mol. The number of carbonyl (C=O) groups excluding carboxylic acids is 1. The molecule has 2 aromatic carbocycles. The van der Waals surface area contributed by atoms with Crippen molar-refractivity contribution in [2.24, 2.45) is 0 Å². The number of hydrogen-bond donors (Lipinski definition) is 1. The van der Waals surface area contributed by atoms with Gasteiger partial charge in [0.1, 0.15) is 10.6 Å². The number of hydrogen-bond acceptors (Lipinski definition) is 4. The minimum Gasteiger partial charge on any atom is -0.482 e. The second-order valence-electron chi connectivity index (χ2n) is 5.65. The van der Waals surface area contributed by atoms with Gasteiger partial charge in [-0.3, -0.25) is 4.79 Å². The zero-order valence-electron chi connectivity index (χ0n) is 15.2. The lowest BCUT2D eigenvalue weighted by molar-refractivity contribution is -0.118. The van der Waals surface area contributed by atoms with Gasteiger partial charge in [0.05, 0.1) is 10.0 Å². The number of nitrogens with zero attached hydrogens (tertiary/aromatic N) is 1. The van der Waals surface area contributed by atoms with Crippen LogP contribution in [0.4, 0.5) is 5.69 Å². The first-order valence-corrected chi connectivity index (χ1v) is 10.9. The van der Waals surface area contributed by atoms with E-state index < -0.39 is 22.5 Å². The second-order valence-corrected chi connectivity index (χ2v) is 8.80. The van der Waals surface area contributed by atoms with E-state index in [1.54, 1.807) is 26.0 Å². The summed E-state index contributed by atoms with van der Waals surface area (Å²) in [6.45, 7) is 3.65. The van der Waals surface area contributed by atoms with Crippen molar-refractivity contribution in [1.82, 2.24) is 4.31 Å². The summed E-state index contributed by atoms with van der Waals surface area (Å²) in [6.07, 6.45) is 0. The van der Waals surface area contributed by atoms with E-state index in [0.717, 1.165) is 0 Å². The number of anilines is 1. The molecule has 0 atom stereocenters. The van der Waals surface area contributed by atoms with Crippen LogP contribution in [0.3, 0.4) is 0 Å². The highest BCUT2D eigenvalue weighted by Crippen LogP contribution is 2.30. The van der Waals surface area contributed by atoms with E-state index in [0.29, 0.717) is 28.8 Å². The van der Waals surface area contributed by atoms with Crippen molar-refractivity contribution in [1.29, 1.82) is 0 Å². The Kier molecular flexibility index (Phi) is 7.97. The highest BCUT2D eigenvalue weighted by atomic mass is 35.5. The molecule has 2 aromatic rings. The molecule has 0 radical (unpaired) electrons. The molecule has 0 aliphatic rings. The maximum absolute atomic E-state index is 12.8. The number of rotatable bonds is 8. The molecule has 0 heterocycles. The van der Waals surface area contributed by atoms with Crippen molar-refractivity contribution in [2.45, 2.75) is 18.7 Å². The molecule has 0 unspecified atom stereocenters. The third kappa shape index (κ3) is 5.52. The second kappa shape index (κ2) is 9.80. The topological polar surface area (TPSA) is 75.7 Å². The Hall–Kier alpha value is -1.51. The fourth-order valence-corrected chi connectivity index (χ4v) is 4.57. The van der Waals surface area contributed by atoms with Gasteiger partial charge in [0.15, 0.2) is 6.61 Å². The van der Waals surface area contributed by atoms with Gasteiger partial charge in [-0.1, -0.05) is 48.7 Å². The molecule has 0 aliphatic heterocycles. The van der Waals surface area contributed by atoms with Crippen LogP contribution in [0.15, 0.2) is 41.3 Å². The van der Waals surface area contributed by atoms with Crippen molar-refractivity contribution in [3.8, 4) is 5.75 Å². The van der Waals surface area contributed by atoms with Crippen LogP contribution in [0.25, 0.3) is 0 Å². The maximum Gasteiger partial charge on any atom is 0.262 e.